The molecule has 0 amide bonds. The summed E-state index contributed by atoms with van der Waals surface area (Å²) in [6.45, 7) is 3.22. The number of rotatable bonds is 2. The minimum Gasteiger partial charge on any atom is -0.361 e. The van der Waals surface area contributed by atoms with Crippen LogP contribution in [-0.2, 0) is 6.42 Å². The first-order valence-corrected chi connectivity index (χ1v) is 5.07. The summed E-state index contributed by atoms with van der Waals surface area (Å²) in [7, 11) is 2.12. The fraction of sp³-hybridized carbons (Fsp3) is 0.417. The third kappa shape index (κ3) is 1.95. The molecule has 0 aromatic heterocycles. The molecule has 0 aliphatic carbocycles. The lowest BCUT2D eigenvalue weighted by Gasteiger charge is -2.13. The Morgan fingerprint density at radius 1 is 1.36 bits per heavy atom. The van der Waals surface area contributed by atoms with Crippen molar-refractivity contribution in [2.45, 2.75) is 19.4 Å². The summed E-state index contributed by atoms with van der Waals surface area (Å²) in [5.41, 5.74) is 1.34. The Morgan fingerprint density at radius 2 is 2.07 bits per heavy atom. The van der Waals surface area contributed by atoms with Crippen LogP contribution in [0.15, 0.2) is 35.3 Å². The number of nitrogens with zero attached hydrogens (tertiary/aromatic N) is 2. The molecular formula is C12H16N2. The van der Waals surface area contributed by atoms with Gasteiger partial charge in [-0.25, -0.2) is 0 Å². The van der Waals surface area contributed by atoms with Gasteiger partial charge in [0.25, 0.3) is 0 Å². The van der Waals surface area contributed by atoms with Crippen molar-refractivity contribution in [2.24, 2.45) is 4.99 Å². The Balaban J connectivity index is 2.08. The van der Waals surface area contributed by atoms with Crippen LogP contribution in [0.25, 0.3) is 0 Å². The summed E-state index contributed by atoms with van der Waals surface area (Å²) in [5, 5.41) is 0. The average Bonchev–Trinajstić information content (AvgIpc) is 2.47. The molecule has 0 spiro atoms. The summed E-state index contributed by atoms with van der Waals surface area (Å²) in [6.07, 6.45) is 0.960. The van der Waals surface area contributed by atoms with Gasteiger partial charge in [0.15, 0.2) is 0 Å². The number of aliphatic imine (C=N–C) groups is 1. The van der Waals surface area contributed by atoms with Crippen molar-refractivity contribution in [2.75, 3.05) is 13.6 Å². The van der Waals surface area contributed by atoms with Crippen LogP contribution in [0.4, 0.5) is 0 Å². The van der Waals surface area contributed by atoms with Crippen LogP contribution >= 0.6 is 0 Å². The van der Waals surface area contributed by atoms with Crippen molar-refractivity contribution in [3.8, 4) is 0 Å². The largest absolute Gasteiger partial charge is 0.361 e. The highest BCUT2D eigenvalue weighted by molar-refractivity contribution is 5.85. The Hall–Kier alpha value is -1.31. The fourth-order valence-corrected chi connectivity index (χ4v) is 1.85. The number of likely N-dealkylation sites (N-methyl/N-ethyl adjacent to an activating group) is 1. The molecule has 2 nitrogen and oxygen atoms in total. The van der Waals surface area contributed by atoms with Gasteiger partial charge in [-0.3, -0.25) is 4.99 Å². The molecule has 1 aliphatic heterocycles. The molecule has 1 heterocycles. The normalized spacial score (nSPS) is 21.1. The molecule has 74 valence electrons. The summed E-state index contributed by atoms with van der Waals surface area (Å²) in [6, 6.07) is 11.0. The van der Waals surface area contributed by atoms with E-state index in [0.717, 1.165) is 13.0 Å². The molecule has 0 N–H and O–H groups in total. The summed E-state index contributed by atoms with van der Waals surface area (Å²) in [5.74, 6) is 1.21. The highest BCUT2D eigenvalue weighted by Gasteiger charge is 2.17. The molecule has 2 heteroatoms. The van der Waals surface area contributed by atoms with Gasteiger partial charge in [0.1, 0.15) is 5.84 Å². The standard InChI is InChI=1S/C12H16N2/c1-10-9-14(2)12(13-10)8-11-6-4-3-5-7-11/h3-7,10H,8-9H2,1-2H3. The van der Waals surface area contributed by atoms with Crippen molar-refractivity contribution in [1.29, 1.82) is 0 Å². The Kier molecular flexibility index (Phi) is 2.53. The fourth-order valence-electron chi connectivity index (χ4n) is 1.85. The van der Waals surface area contributed by atoms with E-state index in [9.17, 15) is 0 Å². The second-order valence-electron chi connectivity index (χ2n) is 3.94. The molecule has 0 saturated carbocycles. The second kappa shape index (κ2) is 3.82. The molecule has 1 unspecified atom stereocenters. The zero-order valence-electron chi connectivity index (χ0n) is 8.77. The van der Waals surface area contributed by atoms with Crippen LogP contribution in [-0.4, -0.2) is 30.4 Å². The second-order valence-corrected chi connectivity index (χ2v) is 3.94. The molecule has 1 aromatic rings. The molecule has 14 heavy (non-hydrogen) atoms. The topological polar surface area (TPSA) is 15.6 Å². The third-order valence-electron chi connectivity index (χ3n) is 2.55. The maximum absolute atomic E-state index is 4.61. The maximum Gasteiger partial charge on any atom is 0.104 e. The summed E-state index contributed by atoms with van der Waals surface area (Å²) >= 11 is 0. The van der Waals surface area contributed by atoms with Gasteiger partial charge in [-0.05, 0) is 12.5 Å². The van der Waals surface area contributed by atoms with E-state index >= 15 is 0 Å². The van der Waals surface area contributed by atoms with E-state index < -0.39 is 0 Å². The predicted molar refractivity (Wildman–Crippen MR) is 59.7 cm³/mol. The first-order valence-electron chi connectivity index (χ1n) is 5.07. The van der Waals surface area contributed by atoms with Crippen molar-refractivity contribution in [3.05, 3.63) is 35.9 Å². The SMILES string of the molecule is CC1CN(C)C(Cc2ccccc2)=N1. The van der Waals surface area contributed by atoms with Gasteiger partial charge in [-0.2, -0.15) is 0 Å². The van der Waals surface area contributed by atoms with Gasteiger partial charge in [-0.1, -0.05) is 30.3 Å². The van der Waals surface area contributed by atoms with Crippen molar-refractivity contribution in [1.82, 2.24) is 4.90 Å². The van der Waals surface area contributed by atoms with Crippen molar-refractivity contribution < 1.29 is 0 Å². The highest BCUT2D eigenvalue weighted by Crippen LogP contribution is 2.10. The monoisotopic (exact) mass is 188 g/mol. The Bertz CT molecular complexity index is 329. The average molecular weight is 188 g/mol. The molecule has 1 aromatic carbocycles. The van der Waals surface area contributed by atoms with E-state index in [4.69, 9.17) is 0 Å². The van der Waals surface area contributed by atoms with E-state index in [2.05, 4.69) is 48.1 Å². The zero-order chi connectivity index (χ0) is 9.97. The van der Waals surface area contributed by atoms with Crippen LogP contribution in [0.3, 0.4) is 0 Å². The molecule has 1 aliphatic rings. The quantitative estimate of drug-likeness (QED) is 0.692. The Morgan fingerprint density at radius 3 is 2.64 bits per heavy atom. The lowest BCUT2D eigenvalue weighted by Crippen LogP contribution is -2.25. The lowest BCUT2D eigenvalue weighted by atomic mass is 10.1. The first kappa shape index (κ1) is 9.25. The highest BCUT2D eigenvalue weighted by atomic mass is 15.2. The summed E-state index contributed by atoms with van der Waals surface area (Å²) in [4.78, 5) is 6.86. The predicted octanol–water partition coefficient (Wildman–Crippen LogP) is 1.96. The van der Waals surface area contributed by atoms with Gasteiger partial charge >= 0.3 is 0 Å². The van der Waals surface area contributed by atoms with E-state index in [0.29, 0.717) is 6.04 Å². The van der Waals surface area contributed by atoms with Crippen LogP contribution < -0.4 is 0 Å². The molecule has 1 atom stereocenters. The molecule has 2 rings (SSSR count). The van der Waals surface area contributed by atoms with E-state index in [-0.39, 0.29) is 0 Å². The zero-order valence-corrected chi connectivity index (χ0v) is 8.77. The van der Waals surface area contributed by atoms with E-state index in [1.165, 1.54) is 11.4 Å². The van der Waals surface area contributed by atoms with Crippen LogP contribution in [0.5, 0.6) is 0 Å². The van der Waals surface area contributed by atoms with E-state index in [1.54, 1.807) is 0 Å². The van der Waals surface area contributed by atoms with Crippen LogP contribution in [0, 0.1) is 0 Å². The molecule has 0 fully saturated rings. The number of hydrogen-bond donors (Lipinski definition) is 0. The lowest BCUT2D eigenvalue weighted by molar-refractivity contribution is 0.508. The number of amidine groups is 1. The van der Waals surface area contributed by atoms with Gasteiger partial charge < -0.3 is 4.90 Å². The molecular weight excluding hydrogens is 172 g/mol. The van der Waals surface area contributed by atoms with Gasteiger partial charge in [0.2, 0.25) is 0 Å². The molecule has 0 bridgehead atoms. The minimum absolute atomic E-state index is 0.457. The van der Waals surface area contributed by atoms with Gasteiger partial charge in [0, 0.05) is 20.0 Å². The first-order chi connectivity index (χ1) is 6.75. The van der Waals surface area contributed by atoms with Crippen molar-refractivity contribution >= 4 is 5.84 Å². The maximum atomic E-state index is 4.61. The van der Waals surface area contributed by atoms with Gasteiger partial charge in [-0.15, -0.1) is 0 Å². The number of benzene rings is 1. The smallest absolute Gasteiger partial charge is 0.104 e. The third-order valence-corrected chi connectivity index (χ3v) is 2.55. The van der Waals surface area contributed by atoms with Crippen LogP contribution in [0.1, 0.15) is 12.5 Å². The van der Waals surface area contributed by atoms with Crippen molar-refractivity contribution in [3.63, 3.8) is 0 Å². The molecule has 0 radical (unpaired) electrons. The Labute approximate surface area is 85.3 Å². The van der Waals surface area contributed by atoms with Crippen LogP contribution in [0.2, 0.25) is 0 Å². The number of hydrogen-bond acceptors (Lipinski definition) is 2. The minimum atomic E-state index is 0.457. The molecule has 0 saturated heterocycles. The summed E-state index contributed by atoms with van der Waals surface area (Å²) < 4.78 is 0. The van der Waals surface area contributed by atoms with E-state index in [1.807, 2.05) is 6.07 Å². The van der Waals surface area contributed by atoms with Gasteiger partial charge in [0.05, 0.1) is 6.04 Å².